The summed E-state index contributed by atoms with van der Waals surface area (Å²) in [6.45, 7) is 3.84. The predicted molar refractivity (Wildman–Crippen MR) is 70.9 cm³/mol. The first-order valence-corrected chi connectivity index (χ1v) is 5.62. The molecule has 17 heavy (non-hydrogen) atoms. The van der Waals surface area contributed by atoms with Crippen LogP contribution in [0.15, 0.2) is 35.3 Å². The van der Waals surface area contributed by atoms with E-state index in [0.29, 0.717) is 5.02 Å². The zero-order valence-corrected chi connectivity index (χ0v) is 10.5. The summed E-state index contributed by atoms with van der Waals surface area (Å²) in [5.74, 6) is 0. The summed E-state index contributed by atoms with van der Waals surface area (Å²) in [4.78, 5) is 11.4. The van der Waals surface area contributed by atoms with Crippen LogP contribution >= 0.6 is 11.6 Å². The molecule has 1 aromatic heterocycles. The van der Waals surface area contributed by atoms with Gasteiger partial charge < -0.3 is 10.3 Å². The van der Waals surface area contributed by atoms with E-state index >= 15 is 0 Å². The minimum Gasteiger partial charge on any atom is -0.394 e. The van der Waals surface area contributed by atoms with Crippen molar-refractivity contribution >= 4 is 17.3 Å². The van der Waals surface area contributed by atoms with Crippen LogP contribution in [0, 0.1) is 13.8 Å². The van der Waals surface area contributed by atoms with E-state index in [-0.39, 0.29) is 11.1 Å². The number of nitrogen functional groups attached to an aromatic ring is 1. The van der Waals surface area contributed by atoms with Gasteiger partial charge in [0, 0.05) is 28.7 Å². The molecule has 0 aliphatic rings. The Hall–Kier alpha value is -1.74. The number of aryl methyl sites for hydroxylation is 2. The van der Waals surface area contributed by atoms with Crippen molar-refractivity contribution in [2.75, 3.05) is 5.73 Å². The SMILES string of the molecule is Cc1cc(Cl)ccc1-n1cc(N)c(=O)cc1C. The number of rotatable bonds is 1. The highest BCUT2D eigenvalue weighted by molar-refractivity contribution is 6.30. The average molecular weight is 249 g/mol. The predicted octanol–water partition coefficient (Wildman–Crippen LogP) is 2.69. The van der Waals surface area contributed by atoms with Crippen molar-refractivity contribution in [3.05, 3.63) is 57.0 Å². The Morgan fingerprint density at radius 3 is 2.59 bits per heavy atom. The summed E-state index contributed by atoms with van der Waals surface area (Å²) in [5, 5.41) is 0.693. The molecule has 3 nitrogen and oxygen atoms in total. The van der Waals surface area contributed by atoms with Crippen molar-refractivity contribution < 1.29 is 0 Å². The van der Waals surface area contributed by atoms with E-state index in [0.717, 1.165) is 16.9 Å². The van der Waals surface area contributed by atoms with Gasteiger partial charge in [-0.3, -0.25) is 4.79 Å². The third kappa shape index (κ3) is 2.19. The fraction of sp³-hybridized carbons (Fsp3) is 0.154. The summed E-state index contributed by atoms with van der Waals surface area (Å²) in [6.07, 6.45) is 1.65. The van der Waals surface area contributed by atoms with Crippen LogP contribution in [-0.4, -0.2) is 4.57 Å². The largest absolute Gasteiger partial charge is 0.394 e. The Kier molecular flexibility index (Phi) is 2.94. The minimum absolute atomic E-state index is 0.148. The molecule has 2 N–H and O–H groups in total. The molecule has 2 rings (SSSR count). The van der Waals surface area contributed by atoms with Crippen molar-refractivity contribution in [2.45, 2.75) is 13.8 Å². The quantitative estimate of drug-likeness (QED) is 0.844. The lowest BCUT2D eigenvalue weighted by Crippen LogP contribution is -2.13. The standard InChI is InChI=1S/C13H13ClN2O/c1-8-5-10(14)3-4-12(8)16-7-11(15)13(17)6-9(16)2/h3-7H,15H2,1-2H3. The zero-order valence-electron chi connectivity index (χ0n) is 9.70. The third-order valence-electron chi connectivity index (χ3n) is 2.69. The smallest absolute Gasteiger partial charge is 0.204 e. The summed E-state index contributed by atoms with van der Waals surface area (Å²) >= 11 is 5.92. The number of nitrogens with zero attached hydrogens (tertiary/aromatic N) is 1. The van der Waals surface area contributed by atoms with Gasteiger partial charge in [0.15, 0.2) is 0 Å². The Bertz CT molecular complexity index is 632. The van der Waals surface area contributed by atoms with Gasteiger partial charge in [-0.2, -0.15) is 0 Å². The van der Waals surface area contributed by atoms with Crippen LogP contribution in [0.1, 0.15) is 11.3 Å². The fourth-order valence-electron chi connectivity index (χ4n) is 1.80. The first-order chi connectivity index (χ1) is 7.99. The van der Waals surface area contributed by atoms with Gasteiger partial charge in [-0.1, -0.05) is 11.6 Å². The number of hydrogen-bond acceptors (Lipinski definition) is 2. The maximum absolute atomic E-state index is 11.4. The highest BCUT2D eigenvalue weighted by Crippen LogP contribution is 2.20. The summed E-state index contributed by atoms with van der Waals surface area (Å²) in [7, 11) is 0. The van der Waals surface area contributed by atoms with Crippen LogP contribution in [0.4, 0.5) is 5.69 Å². The Labute approximate surface area is 104 Å². The minimum atomic E-state index is -0.148. The van der Waals surface area contributed by atoms with Crippen molar-refractivity contribution in [3.63, 3.8) is 0 Å². The van der Waals surface area contributed by atoms with Crippen LogP contribution < -0.4 is 11.2 Å². The Morgan fingerprint density at radius 1 is 1.24 bits per heavy atom. The highest BCUT2D eigenvalue weighted by atomic mass is 35.5. The van der Waals surface area contributed by atoms with Gasteiger partial charge in [0.25, 0.3) is 0 Å². The van der Waals surface area contributed by atoms with Crippen LogP contribution in [0.2, 0.25) is 5.02 Å². The summed E-state index contributed by atoms with van der Waals surface area (Å²) in [5.41, 5.74) is 8.58. The number of hydrogen-bond donors (Lipinski definition) is 1. The molecule has 0 fully saturated rings. The molecule has 0 saturated carbocycles. The van der Waals surface area contributed by atoms with Gasteiger partial charge in [0.2, 0.25) is 5.43 Å². The highest BCUT2D eigenvalue weighted by Gasteiger charge is 2.05. The topological polar surface area (TPSA) is 48.0 Å². The molecule has 1 heterocycles. The Balaban J connectivity index is 2.68. The van der Waals surface area contributed by atoms with Gasteiger partial charge in [-0.25, -0.2) is 0 Å². The van der Waals surface area contributed by atoms with E-state index in [1.54, 1.807) is 6.20 Å². The van der Waals surface area contributed by atoms with Gasteiger partial charge in [-0.05, 0) is 37.6 Å². The van der Waals surface area contributed by atoms with Gasteiger partial charge in [0.05, 0.1) is 5.69 Å². The summed E-state index contributed by atoms with van der Waals surface area (Å²) < 4.78 is 1.89. The molecule has 0 aliphatic carbocycles. The van der Waals surface area contributed by atoms with Crippen LogP contribution in [-0.2, 0) is 0 Å². The second-order valence-corrected chi connectivity index (χ2v) is 4.47. The molecule has 0 bridgehead atoms. The zero-order chi connectivity index (χ0) is 12.6. The molecule has 88 valence electrons. The van der Waals surface area contributed by atoms with Gasteiger partial charge in [-0.15, -0.1) is 0 Å². The normalized spacial score (nSPS) is 10.5. The molecule has 0 saturated heterocycles. The average Bonchev–Trinajstić information content (AvgIpc) is 2.24. The second-order valence-electron chi connectivity index (χ2n) is 4.04. The van der Waals surface area contributed by atoms with Gasteiger partial charge >= 0.3 is 0 Å². The Morgan fingerprint density at radius 2 is 1.94 bits per heavy atom. The molecule has 0 spiro atoms. The molecule has 0 unspecified atom stereocenters. The number of halogens is 1. The molecule has 4 heteroatoms. The van der Waals surface area contributed by atoms with Crippen molar-refractivity contribution in [2.24, 2.45) is 0 Å². The molecular weight excluding hydrogens is 236 g/mol. The summed E-state index contributed by atoms with van der Waals surface area (Å²) in [6, 6.07) is 7.14. The van der Waals surface area contributed by atoms with Crippen molar-refractivity contribution in [1.82, 2.24) is 4.57 Å². The van der Waals surface area contributed by atoms with E-state index in [9.17, 15) is 4.79 Å². The molecule has 0 amide bonds. The number of benzene rings is 1. The van der Waals surface area contributed by atoms with Gasteiger partial charge in [0.1, 0.15) is 0 Å². The van der Waals surface area contributed by atoms with E-state index in [2.05, 4.69) is 0 Å². The molecule has 0 atom stereocenters. The maximum atomic E-state index is 11.4. The lowest BCUT2D eigenvalue weighted by Gasteiger charge is -2.14. The number of anilines is 1. The van der Waals surface area contributed by atoms with Crippen molar-refractivity contribution in [1.29, 1.82) is 0 Å². The van der Waals surface area contributed by atoms with Crippen LogP contribution in [0.5, 0.6) is 0 Å². The molecule has 2 aromatic rings. The van der Waals surface area contributed by atoms with Crippen molar-refractivity contribution in [3.8, 4) is 5.69 Å². The van der Waals surface area contributed by atoms with E-state index in [1.165, 1.54) is 6.07 Å². The van der Waals surface area contributed by atoms with Crippen LogP contribution in [0.25, 0.3) is 5.69 Å². The number of aromatic nitrogens is 1. The third-order valence-corrected chi connectivity index (χ3v) is 2.93. The first-order valence-electron chi connectivity index (χ1n) is 5.24. The number of pyridine rings is 1. The maximum Gasteiger partial charge on any atom is 0.204 e. The monoisotopic (exact) mass is 248 g/mol. The number of nitrogens with two attached hydrogens (primary N) is 1. The van der Waals surface area contributed by atoms with E-state index in [1.807, 2.05) is 36.6 Å². The molecule has 1 aromatic carbocycles. The molecular formula is C13H13ClN2O. The lowest BCUT2D eigenvalue weighted by molar-refractivity contribution is 0.966. The molecule has 0 radical (unpaired) electrons. The molecule has 0 aliphatic heterocycles. The fourth-order valence-corrected chi connectivity index (χ4v) is 2.02. The van der Waals surface area contributed by atoms with E-state index < -0.39 is 0 Å². The lowest BCUT2D eigenvalue weighted by atomic mass is 10.2. The van der Waals surface area contributed by atoms with Crippen LogP contribution in [0.3, 0.4) is 0 Å². The van der Waals surface area contributed by atoms with E-state index in [4.69, 9.17) is 17.3 Å². The first kappa shape index (κ1) is 11.7. The second kappa shape index (κ2) is 4.26.